The molecule has 3 rings (SSSR count). The maximum Gasteiger partial charge on any atom is 0.306 e. The fraction of sp³-hybridized carbons (Fsp3) is 0.333. The Kier molecular flexibility index (Phi) is 6.05. The maximum atomic E-state index is 12.0. The molecule has 3 heterocycles. The highest BCUT2D eigenvalue weighted by Crippen LogP contribution is 2.25. The topological polar surface area (TPSA) is 78.1 Å². The summed E-state index contributed by atoms with van der Waals surface area (Å²) < 4.78 is 10.6. The van der Waals surface area contributed by atoms with E-state index in [0.29, 0.717) is 17.9 Å². The predicted molar refractivity (Wildman–Crippen MR) is 101 cm³/mol. The van der Waals surface area contributed by atoms with E-state index in [2.05, 4.69) is 15.1 Å². The quantitative estimate of drug-likeness (QED) is 0.340. The first kappa shape index (κ1) is 18.6. The number of carbonyl (C=O) groups excluding carboxylic acids is 1. The van der Waals surface area contributed by atoms with Gasteiger partial charge in [0, 0.05) is 23.9 Å². The molecule has 0 amide bonds. The lowest BCUT2D eigenvalue weighted by Crippen LogP contribution is -2.09. The Morgan fingerprint density at radius 2 is 2.08 bits per heavy atom. The molecule has 0 saturated carbocycles. The lowest BCUT2D eigenvalue weighted by molar-refractivity contribution is -0.145. The van der Waals surface area contributed by atoms with Crippen molar-refractivity contribution in [2.24, 2.45) is 0 Å². The van der Waals surface area contributed by atoms with E-state index < -0.39 is 0 Å². The molecule has 136 valence electrons. The molecule has 26 heavy (non-hydrogen) atoms. The first-order valence-electron chi connectivity index (χ1n) is 8.10. The van der Waals surface area contributed by atoms with Crippen molar-refractivity contribution < 1.29 is 14.1 Å². The second kappa shape index (κ2) is 8.46. The number of thioether (sulfide) groups is 1. The summed E-state index contributed by atoms with van der Waals surface area (Å²) >= 11 is 3.08. The van der Waals surface area contributed by atoms with E-state index in [1.54, 1.807) is 17.4 Å². The van der Waals surface area contributed by atoms with Gasteiger partial charge in [0.1, 0.15) is 12.3 Å². The summed E-state index contributed by atoms with van der Waals surface area (Å²) in [5, 5.41) is 6.66. The molecule has 0 aliphatic carbocycles. The zero-order chi connectivity index (χ0) is 18.5. The highest BCUT2D eigenvalue weighted by atomic mass is 32.2. The fourth-order valence-corrected chi connectivity index (χ4v) is 3.66. The molecule has 0 aliphatic heterocycles. The number of aryl methyl sites for hydroxylation is 2. The van der Waals surface area contributed by atoms with Crippen molar-refractivity contribution in [3.05, 3.63) is 46.2 Å². The van der Waals surface area contributed by atoms with Crippen LogP contribution in [0.25, 0.3) is 10.6 Å². The molecule has 0 spiro atoms. The van der Waals surface area contributed by atoms with Gasteiger partial charge in [0.15, 0.2) is 10.9 Å². The van der Waals surface area contributed by atoms with Crippen molar-refractivity contribution in [3.63, 3.8) is 0 Å². The minimum atomic E-state index is -0.279. The average Bonchev–Trinajstić information content (AvgIpc) is 3.30. The van der Waals surface area contributed by atoms with E-state index in [4.69, 9.17) is 9.26 Å². The maximum absolute atomic E-state index is 12.0. The second-order valence-corrected chi connectivity index (χ2v) is 7.40. The van der Waals surface area contributed by atoms with Gasteiger partial charge >= 0.3 is 5.97 Å². The Bertz CT molecular complexity index is 868. The van der Waals surface area contributed by atoms with Gasteiger partial charge in [-0.2, -0.15) is 0 Å². The van der Waals surface area contributed by atoms with Crippen LogP contribution in [0.3, 0.4) is 0 Å². The molecule has 8 heteroatoms. The molecule has 6 nitrogen and oxygen atoms in total. The van der Waals surface area contributed by atoms with E-state index in [-0.39, 0.29) is 19.0 Å². The molecule has 0 unspecified atom stereocenters. The number of thiophene rings is 1. The van der Waals surface area contributed by atoms with Crippen LogP contribution in [0.4, 0.5) is 0 Å². The normalized spacial score (nSPS) is 10.9. The standard InChI is InChI=1S/C18H19N3O3S2/c1-11-14(12(2)20-18(19-11)25-3)6-7-17(22)23-10-13-9-15(24-21-13)16-5-4-8-26-16/h4-5,8-9H,6-7,10H2,1-3H3. The minimum absolute atomic E-state index is 0.105. The van der Waals surface area contributed by atoms with Crippen molar-refractivity contribution >= 4 is 29.1 Å². The van der Waals surface area contributed by atoms with Gasteiger partial charge in [-0.25, -0.2) is 9.97 Å². The summed E-state index contributed by atoms with van der Waals surface area (Å²) in [7, 11) is 0. The number of ether oxygens (including phenoxy) is 1. The lowest BCUT2D eigenvalue weighted by Gasteiger charge is -2.09. The molecule has 0 aliphatic rings. The number of nitrogens with zero attached hydrogens (tertiary/aromatic N) is 3. The number of carbonyl (C=O) groups is 1. The van der Waals surface area contributed by atoms with Gasteiger partial charge in [-0.15, -0.1) is 11.3 Å². The first-order chi connectivity index (χ1) is 12.6. The van der Waals surface area contributed by atoms with Crippen LogP contribution >= 0.6 is 23.1 Å². The third-order valence-corrected chi connectivity index (χ3v) is 5.30. The molecule has 0 saturated heterocycles. The van der Waals surface area contributed by atoms with E-state index in [1.807, 2.05) is 37.6 Å². The predicted octanol–water partition coefficient (Wildman–Crippen LogP) is 4.21. The number of esters is 1. The lowest BCUT2D eigenvalue weighted by atomic mass is 10.1. The number of hydrogen-bond donors (Lipinski definition) is 0. The van der Waals surface area contributed by atoms with Crippen molar-refractivity contribution in [1.29, 1.82) is 0 Å². The van der Waals surface area contributed by atoms with Gasteiger partial charge < -0.3 is 9.26 Å². The molecule has 0 N–H and O–H groups in total. The van der Waals surface area contributed by atoms with E-state index in [0.717, 1.165) is 27.0 Å². The van der Waals surface area contributed by atoms with Crippen LogP contribution < -0.4 is 0 Å². The molecule has 3 aromatic rings. The van der Waals surface area contributed by atoms with Crippen LogP contribution in [-0.4, -0.2) is 27.3 Å². The minimum Gasteiger partial charge on any atom is -0.459 e. The molecular formula is C18H19N3O3S2. The second-order valence-electron chi connectivity index (χ2n) is 5.68. The van der Waals surface area contributed by atoms with Crippen LogP contribution in [-0.2, 0) is 22.6 Å². The van der Waals surface area contributed by atoms with Crippen LogP contribution in [0.1, 0.15) is 29.1 Å². The number of aromatic nitrogens is 3. The molecule has 0 bridgehead atoms. The average molecular weight is 390 g/mol. The SMILES string of the molecule is CSc1nc(C)c(CCC(=O)OCc2cc(-c3cccs3)on2)c(C)n1. The zero-order valence-electron chi connectivity index (χ0n) is 14.8. The Morgan fingerprint density at radius 1 is 1.31 bits per heavy atom. The van der Waals surface area contributed by atoms with Crippen LogP contribution in [0.5, 0.6) is 0 Å². The Morgan fingerprint density at radius 3 is 2.73 bits per heavy atom. The van der Waals surface area contributed by atoms with E-state index >= 15 is 0 Å². The van der Waals surface area contributed by atoms with Gasteiger partial charge in [0.25, 0.3) is 0 Å². The number of hydrogen-bond acceptors (Lipinski definition) is 8. The monoisotopic (exact) mass is 389 g/mol. The summed E-state index contributed by atoms with van der Waals surface area (Å²) in [5.41, 5.74) is 3.42. The van der Waals surface area contributed by atoms with Gasteiger partial charge in [0.2, 0.25) is 0 Å². The van der Waals surface area contributed by atoms with Gasteiger partial charge in [-0.05, 0) is 43.5 Å². The molecule has 3 aromatic heterocycles. The van der Waals surface area contributed by atoms with Crippen molar-refractivity contribution in [2.45, 2.75) is 38.5 Å². The molecule has 0 fully saturated rings. The highest BCUT2D eigenvalue weighted by Gasteiger charge is 2.13. The zero-order valence-corrected chi connectivity index (χ0v) is 16.4. The van der Waals surface area contributed by atoms with Crippen molar-refractivity contribution in [3.8, 4) is 10.6 Å². The molecular weight excluding hydrogens is 370 g/mol. The van der Waals surface area contributed by atoms with Gasteiger partial charge in [-0.3, -0.25) is 4.79 Å². The van der Waals surface area contributed by atoms with Crippen LogP contribution in [0.15, 0.2) is 33.3 Å². The van der Waals surface area contributed by atoms with Crippen LogP contribution in [0, 0.1) is 13.8 Å². The summed E-state index contributed by atoms with van der Waals surface area (Å²) in [4.78, 5) is 21.9. The number of rotatable bonds is 7. The molecule has 0 atom stereocenters. The van der Waals surface area contributed by atoms with Crippen LogP contribution in [0.2, 0.25) is 0 Å². The Labute approximate surface area is 160 Å². The third-order valence-electron chi connectivity index (χ3n) is 3.87. The highest BCUT2D eigenvalue weighted by molar-refractivity contribution is 7.98. The molecule has 0 aromatic carbocycles. The smallest absolute Gasteiger partial charge is 0.306 e. The summed E-state index contributed by atoms with van der Waals surface area (Å²) in [5.74, 6) is 0.404. The summed E-state index contributed by atoms with van der Waals surface area (Å²) in [6, 6.07) is 5.69. The Hall–Kier alpha value is -2.19. The fourth-order valence-electron chi connectivity index (χ4n) is 2.53. The largest absolute Gasteiger partial charge is 0.459 e. The van der Waals surface area contributed by atoms with Crippen molar-refractivity contribution in [1.82, 2.24) is 15.1 Å². The van der Waals surface area contributed by atoms with Gasteiger partial charge in [-0.1, -0.05) is 23.0 Å². The van der Waals surface area contributed by atoms with E-state index in [9.17, 15) is 4.79 Å². The Balaban J connectivity index is 1.52. The van der Waals surface area contributed by atoms with Gasteiger partial charge in [0.05, 0.1) is 4.88 Å². The summed E-state index contributed by atoms with van der Waals surface area (Å²) in [6.45, 7) is 3.99. The molecule has 0 radical (unpaired) electrons. The summed E-state index contributed by atoms with van der Waals surface area (Å²) in [6.07, 6.45) is 2.78. The third kappa shape index (κ3) is 4.50. The first-order valence-corrected chi connectivity index (χ1v) is 10.2. The van der Waals surface area contributed by atoms with E-state index in [1.165, 1.54) is 11.8 Å². The van der Waals surface area contributed by atoms with Crippen molar-refractivity contribution in [2.75, 3.05) is 6.26 Å².